The molecule has 0 saturated carbocycles. The Balaban J connectivity index is 1.79. The third-order valence-electron chi connectivity index (χ3n) is 4.59. The Kier molecular flexibility index (Phi) is 4.39. The summed E-state index contributed by atoms with van der Waals surface area (Å²) in [7, 11) is 1.65. The van der Waals surface area contributed by atoms with Gasteiger partial charge in [0.1, 0.15) is 11.6 Å². The van der Waals surface area contributed by atoms with Gasteiger partial charge in [-0.3, -0.25) is 0 Å². The van der Waals surface area contributed by atoms with Crippen LogP contribution in [-0.2, 0) is 13.0 Å². The fourth-order valence-electron chi connectivity index (χ4n) is 3.27. The minimum Gasteiger partial charge on any atom is -0.618 e. The maximum atomic E-state index is 12.3. The van der Waals surface area contributed by atoms with Gasteiger partial charge in [-0.05, 0) is 30.3 Å². The van der Waals surface area contributed by atoms with E-state index in [-0.39, 0.29) is 0 Å². The van der Waals surface area contributed by atoms with Crippen LogP contribution in [-0.4, -0.2) is 16.7 Å². The van der Waals surface area contributed by atoms with Crippen LogP contribution in [0.25, 0.3) is 21.9 Å². The zero-order valence-electron chi connectivity index (χ0n) is 15.3. The molecule has 4 aromatic rings. The number of hydrogen-bond donors (Lipinski definition) is 0. The number of aromatic nitrogens is 3. The smallest absolute Gasteiger partial charge is 0.226 e. The van der Waals surface area contributed by atoms with E-state index in [0.29, 0.717) is 17.6 Å². The zero-order valence-corrected chi connectivity index (χ0v) is 15.3. The maximum absolute atomic E-state index is 12.3. The van der Waals surface area contributed by atoms with E-state index in [0.717, 1.165) is 39.2 Å². The lowest BCUT2D eigenvalue weighted by atomic mass is 10.2. The summed E-state index contributed by atoms with van der Waals surface area (Å²) in [6.45, 7) is 2.57. The van der Waals surface area contributed by atoms with Crippen molar-refractivity contribution in [3.05, 3.63) is 71.3 Å². The molecule has 0 aliphatic heterocycles. The van der Waals surface area contributed by atoms with E-state index in [4.69, 9.17) is 4.74 Å². The highest BCUT2D eigenvalue weighted by Gasteiger charge is 2.17. The number of imidazole rings is 1. The van der Waals surface area contributed by atoms with E-state index >= 15 is 0 Å². The number of aryl methyl sites for hydroxylation is 1. The SMILES string of the molecule is CCc1nc2c[n+]([O-])c3ccccc3c2n1CC#Cc1ccc(OC)cc1. The Morgan fingerprint density at radius 2 is 1.93 bits per heavy atom. The number of rotatable bonds is 3. The second-order valence-electron chi connectivity index (χ2n) is 6.20. The molecular formula is C22H19N3O2. The molecule has 0 atom stereocenters. The number of benzene rings is 2. The van der Waals surface area contributed by atoms with Gasteiger partial charge < -0.3 is 14.5 Å². The fourth-order valence-corrected chi connectivity index (χ4v) is 3.27. The quantitative estimate of drug-likeness (QED) is 0.321. The van der Waals surface area contributed by atoms with Gasteiger partial charge in [-0.25, -0.2) is 4.98 Å². The third kappa shape index (κ3) is 3.06. The standard InChI is InChI=1S/C22H19N3O2/c1-3-21-23-19-15-25(26)20-9-5-4-8-18(20)22(19)24(21)14-6-7-16-10-12-17(27-2)13-11-16/h4-5,8-13,15H,3,14H2,1-2H3. The average molecular weight is 357 g/mol. The summed E-state index contributed by atoms with van der Waals surface area (Å²) in [5, 5.41) is 13.2. The molecular weight excluding hydrogens is 338 g/mol. The number of hydrogen-bond acceptors (Lipinski definition) is 3. The van der Waals surface area contributed by atoms with Gasteiger partial charge in [0.2, 0.25) is 11.7 Å². The Morgan fingerprint density at radius 1 is 1.15 bits per heavy atom. The van der Waals surface area contributed by atoms with E-state index in [2.05, 4.69) is 28.3 Å². The molecule has 0 N–H and O–H groups in total. The first-order valence-electron chi connectivity index (χ1n) is 8.84. The second-order valence-corrected chi connectivity index (χ2v) is 6.20. The van der Waals surface area contributed by atoms with Crippen LogP contribution < -0.4 is 9.47 Å². The van der Waals surface area contributed by atoms with Crippen LogP contribution in [0, 0.1) is 17.0 Å². The first-order chi connectivity index (χ1) is 13.2. The van der Waals surface area contributed by atoms with Crippen LogP contribution in [0.5, 0.6) is 5.75 Å². The van der Waals surface area contributed by atoms with Crippen molar-refractivity contribution in [2.24, 2.45) is 0 Å². The van der Waals surface area contributed by atoms with Crippen LogP contribution in [0.2, 0.25) is 0 Å². The van der Waals surface area contributed by atoms with Crippen LogP contribution in [0.3, 0.4) is 0 Å². The lowest BCUT2D eigenvalue weighted by Crippen LogP contribution is -2.26. The van der Waals surface area contributed by atoms with E-state index in [1.165, 1.54) is 0 Å². The molecule has 0 aliphatic carbocycles. The van der Waals surface area contributed by atoms with Gasteiger partial charge in [-0.1, -0.05) is 30.9 Å². The summed E-state index contributed by atoms with van der Waals surface area (Å²) in [4.78, 5) is 4.65. The predicted molar refractivity (Wildman–Crippen MR) is 105 cm³/mol. The van der Waals surface area contributed by atoms with Crippen molar-refractivity contribution in [3.63, 3.8) is 0 Å². The summed E-state index contributed by atoms with van der Waals surface area (Å²) < 4.78 is 8.17. The van der Waals surface area contributed by atoms with E-state index < -0.39 is 0 Å². The molecule has 5 heteroatoms. The average Bonchev–Trinajstić information content (AvgIpc) is 3.06. The van der Waals surface area contributed by atoms with Gasteiger partial charge in [-0.15, -0.1) is 0 Å². The van der Waals surface area contributed by atoms with Gasteiger partial charge in [0.25, 0.3) is 0 Å². The van der Waals surface area contributed by atoms with Gasteiger partial charge >= 0.3 is 0 Å². The number of fused-ring (bicyclic) bond motifs is 3. The highest BCUT2D eigenvalue weighted by molar-refractivity contribution is 6.00. The van der Waals surface area contributed by atoms with Gasteiger partial charge in [0.15, 0.2) is 5.52 Å². The highest BCUT2D eigenvalue weighted by atomic mass is 16.5. The summed E-state index contributed by atoms with van der Waals surface area (Å²) in [6, 6.07) is 15.3. The minimum atomic E-state index is 0.512. The Morgan fingerprint density at radius 3 is 2.67 bits per heavy atom. The molecule has 0 bridgehead atoms. The third-order valence-corrected chi connectivity index (χ3v) is 4.59. The van der Waals surface area contributed by atoms with Crippen molar-refractivity contribution in [1.82, 2.24) is 9.55 Å². The molecule has 0 unspecified atom stereocenters. The number of ether oxygens (including phenoxy) is 1. The lowest BCUT2D eigenvalue weighted by molar-refractivity contribution is -0.575. The maximum Gasteiger partial charge on any atom is 0.226 e. The summed E-state index contributed by atoms with van der Waals surface area (Å²) >= 11 is 0. The Hall–Kier alpha value is -3.52. The lowest BCUT2D eigenvalue weighted by Gasteiger charge is -2.06. The molecule has 0 radical (unpaired) electrons. The number of para-hydroxylation sites is 1. The normalized spacial score (nSPS) is 10.7. The largest absolute Gasteiger partial charge is 0.618 e. The van der Waals surface area contributed by atoms with Crippen LogP contribution in [0.4, 0.5) is 0 Å². The minimum absolute atomic E-state index is 0.512. The zero-order chi connectivity index (χ0) is 18.8. The molecule has 0 saturated heterocycles. The van der Waals surface area contributed by atoms with Crippen molar-refractivity contribution in [3.8, 4) is 17.6 Å². The molecule has 5 nitrogen and oxygen atoms in total. The molecule has 0 spiro atoms. The predicted octanol–water partition coefficient (Wildman–Crippen LogP) is 3.45. The molecule has 2 heterocycles. The topological polar surface area (TPSA) is 54.0 Å². The van der Waals surface area contributed by atoms with Gasteiger partial charge in [0.05, 0.1) is 24.6 Å². The number of methoxy groups -OCH3 is 1. The Bertz CT molecular complexity index is 1180. The molecule has 2 aromatic heterocycles. The van der Waals surface area contributed by atoms with Crippen molar-refractivity contribution in [2.75, 3.05) is 7.11 Å². The summed E-state index contributed by atoms with van der Waals surface area (Å²) in [6.07, 6.45) is 2.32. The summed E-state index contributed by atoms with van der Waals surface area (Å²) in [5.41, 5.74) is 3.22. The molecule has 27 heavy (non-hydrogen) atoms. The first kappa shape index (κ1) is 16.9. The molecule has 0 amide bonds. The molecule has 4 rings (SSSR count). The summed E-state index contributed by atoms with van der Waals surface area (Å²) in [5.74, 6) is 8.16. The Labute approximate surface area is 157 Å². The van der Waals surface area contributed by atoms with Crippen molar-refractivity contribution < 1.29 is 9.47 Å². The van der Waals surface area contributed by atoms with E-state index in [9.17, 15) is 5.21 Å². The number of pyridine rings is 1. The molecule has 0 aliphatic rings. The van der Waals surface area contributed by atoms with Crippen molar-refractivity contribution in [2.45, 2.75) is 19.9 Å². The second kappa shape index (κ2) is 7.00. The molecule has 134 valence electrons. The van der Waals surface area contributed by atoms with E-state index in [1.807, 2.05) is 48.5 Å². The van der Waals surface area contributed by atoms with Gasteiger partial charge in [0, 0.05) is 18.1 Å². The van der Waals surface area contributed by atoms with E-state index in [1.54, 1.807) is 13.3 Å². The van der Waals surface area contributed by atoms with Crippen LogP contribution in [0.15, 0.2) is 54.7 Å². The first-order valence-corrected chi connectivity index (χ1v) is 8.84. The van der Waals surface area contributed by atoms with Crippen LogP contribution >= 0.6 is 0 Å². The monoisotopic (exact) mass is 357 g/mol. The van der Waals surface area contributed by atoms with Crippen LogP contribution in [0.1, 0.15) is 18.3 Å². The highest BCUT2D eigenvalue weighted by Crippen LogP contribution is 2.24. The number of nitrogens with zero attached hydrogens (tertiary/aromatic N) is 3. The van der Waals surface area contributed by atoms with Gasteiger partial charge in [-0.2, -0.15) is 4.73 Å². The molecule has 2 aromatic carbocycles. The van der Waals surface area contributed by atoms with Crippen molar-refractivity contribution in [1.29, 1.82) is 0 Å². The van der Waals surface area contributed by atoms with Crippen molar-refractivity contribution >= 4 is 21.9 Å². The fraction of sp³-hybridized carbons (Fsp3) is 0.182. The molecule has 0 fully saturated rings.